The number of methoxy groups -OCH3 is 1. The number of hydrogen-bond donors (Lipinski definition) is 0. The Labute approximate surface area is 154 Å². The van der Waals surface area contributed by atoms with Crippen molar-refractivity contribution in [3.63, 3.8) is 0 Å². The summed E-state index contributed by atoms with van der Waals surface area (Å²) in [5, 5.41) is 5.56. The third-order valence-corrected chi connectivity index (χ3v) is 6.44. The molecule has 0 N–H and O–H groups in total. The number of hydrogen-bond acceptors (Lipinski definition) is 8. The molecule has 1 fully saturated rings. The Hall–Kier alpha value is -1.45. The fourth-order valence-electron chi connectivity index (χ4n) is 3.41. The third-order valence-electron chi connectivity index (χ3n) is 4.64. The zero-order valence-electron chi connectivity index (χ0n) is 14.2. The van der Waals surface area contributed by atoms with Crippen molar-refractivity contribution < 1.29 is 4.74 Å². The fourth-order valence-corrected chi connectivity index (χ4v) is 5.13. The summed E-state index contributed by atoms with van der Waals surface area (Å²) in [6, 6.07) is 2.01. The Bertz CT molecular complexity index is 806. The van der Waals surface area contributed by atoms with E-state index in [4.69, 9.17) is 4.74 Å². The lowest BCUT2D eigenvalue weighted by Gasteiger charge is -2.24. The van der Waals surface area contributed by atoms with Crippen molar-refractivity contribution in [3.8, 4) is 0 Å². The highest BCUT2D eigenvalue weighted by atomic mass is 32.2. The van der Waals surface area contributed by atoms with E-state index in [-0.39, 0.29) is 11.6 Å². The zero-order chi connectivity index (χ0) is 17.2. The van der Waals surface area contributed by atoms with Crippen LogP contribution in [-0.2, 0) is 30.1 Å². The summed E-state index contributed by atoms with van der Waals surface area (Å²) in [7, 11) is 1.64. The number of ether oxygens (including phenoxy) is 1. The van der Waals surface area contributed by atoms with E-state index in [9.17, 15) is 4.79 Å². The quantitative estimate of drug-likeness (QED) is 0.783. The molecule has 0 saturated carbocycles. The van der Waals surface area contributed by atoms with Crippen molar-refractivity contribution in [2.24, 2.45) is 0 Å². The largest absolute Gasteiger partial charge is 0.377 e. The SMILES string of the molecule is COCc1nsc(N2CCCC2Cn2nc3c(cc2=O)CSCC3)n1. The minimum Gasteiger partial charge on any atom is -0.377 e. The van der Waals surface area contributed by atoms with Crippen molar-refractivity contribution in [1.82, 2.24) is 19.1 Å². The van der Waals surface area contributed by atoms with E-state index in [0.717, 1.165) is 59.5 Å². The molecule has 2 aromatic heterocycles. The molecule has 2 aliphatic heterocycles. The summed E-state index contributed by atoms with van der Waals surface area (Å²) in [6.07, 6.45) is 3.09. The van der Waals surface area contributed by atoms with Crippen LogP contribution in [0, 0.1) is 0 Å². The van der Waals surface area contributed by atoms with Gasteiger partial charge in [0, 0.05) is 43.4 Å². The van der Waals surface area contributed by atoms with Gasteiger partial charge < -0.3 is 9.64 Å². The molecule has 4 rings (SSSR count). The van der Waals surface area contributed by atoms with Crippen molar-refractivity contribution >= 4 is 28.4 Å². The van der Waals surface area contributed by atoms with Crippen LogP contribution >= 0.6 is 23.3 Å². The van der Waals surface area contributed by atoms with Crippen LogP contribution in [0.1, 0.15) is 29.9 Å². The van der Waals surface area contributed by atoms with Crippen LogP contribution < -0.4 is 10.5 Å². The van der Waals surface area contributed by atoms with Crippen molar-refractivity contribution in [3.05, 3.63) is 33.5 Å². The first-order valence-corrected chi connectivity index (χ1v) is 10.4. The summed E-state index contributed by atoms with van der Waals surface area (Å²) < 4.78 is 11.1. The molecule has 0 spiro atoms. The first-order chi connectivity index (χ1) is 12.2. The van der Waals surface area contributed by atoms with Gasteiger partial charge in [0.15, 0.2) is 5.82 Å². The average molecular weight is 380 g/mol. The molecule has 0 aromatic carbocycles. The van der Waals surface area contributed by atoms with Gasteiger partial charge in [0.25, 0.3) is 5.56 Å². The maximum atomic E-state index is 12.4. The monoisotopic (exact) mass is 379 g/mol. The molecular formula is C16H21N5O2S2. The fraction of sp³-hybridized carbons (Fsp3) is 0.625. The van der Waals surface area contributed by atoms with Crippen molar-refractivity contribution in [1.29, 1.82) is 0 Å². The number of fused-ring (bicyclic) bond motifs is 1. The smallest absolute Gasteiger partial charge is 0.267 e. The molecule has 0 aliphatic carbocycles. The van der Waals surface area contributed by atoms with Crippen LogP contribution in [0.15, 0.2) is 10.9 Å². The molecular weight excluding hydrogens is 358 g/mol. The molecule has 1 atom stereocenters. The molecule has 1 saturated heterocycles. The lowest BCUT2D eigenvalue weighted by atomic mass is 10.2. The molecule has 7 nitrogen and oxygen atoms in total. The standard InChI is InChI=1S/C16H21N5O2S2/c1-23-9-14-17-16(25-19-14)20-5-2-3-12(20)8-21-15(22)7-11-10-24-6-4-13(11)18-21/h7,12H,2-6,8-10H2,1H3. The van der Waals surface area contributed by atoms with Crippen molar-refractivity contribution in [2.75, 3.05) is 24.3 Å². The Morgan fingerprint density at radius 3 is 3.24 bits per heavy atom. The second-order valence-electron chi connectivity index (χ2n) is 6.35. The van der Waals surface area contributed by atoms with Crippen LogP contribution in [-0.4, -0.2) is 44.6 Å². The van der Waals surface area contributed by atoms with E-state index in [1.165, 1.54) is 11.5 Å². The third kappa shape index (κ3) is 3.58. The Morgan fingerprint density at radius 2 is 2.36 bits per heavy atom. The highest BCUT2D eigenvalue weighted by molar-refractivity contribution is 7.98. The molecule has 9 heteroatoms. The normalized spacial score (nSPS) is 20.0. The average Bonchev–Trinajstić information content (AvgIpc) is 3.25. The second-order valence-corrected chi connectivity index (χ2v) is 8.19. The summed E-state index contributed by atoms with van der Waals surface area (Å²) in [5.74, 6) is 2.71. The molecule has 134 valence electrons. The maximum absolute atomic E-state index is 12.4. The van der Waals surface area contributed by atoms with Gasteiger partial charge in [-0.25, -0.2) is 9.67 Å². The van der Waals surface area contributed by atoms with E-state index in [1.807, 2.05) is 11.8 Å². The Morgan fingerprint density at radius 1 is 1.44 bits per heavy atom. The van der Waals surface area contributed by atoms with E-state index >= 15 is 0 Å². The topological polar surface area (TPSA) is 73.1 Å². The van der Waals surface area contributed by atoms with E-state index < -0.39 is 0 Å². The number of aromatic nitrogens is 4. The summed E-state index contributed by atoms with van der Waals surface area (Å²) >= 11 is 3.27. The number of nitrogens with zero attached hydrogens (tertiary/aromatic N) is 5. The van der Waals surface area contributed by atoms with Crippen LogP contribution in [0.2, 0.25) is 0 Å². The molecule has 0 radical (unpaired) electrons. The first kappa shape index (κ1) is 17.0. The minimum absolute atomic E-state index is 0.00503. The highest BCUT2D eigenvalue weighted by Gasteiger charge is 2.28. The van der Waals surface area contributed by atoms with Gasteiger partial charge in [-0.05, 0) is 24.2 Å². The van der Waals surface area contributed by atoms with E-state index in [0.29, 0.717) is 13.2 Å². The van der Waals surface area contributed by atoms with Gasteiger partial charge in [0.2, 0.25) is 5.13 Å². The number of rotatable bonds is 5. The summed E-state index contributed by atoms with van der Waals surface area (Å²) in [4.78, 5) is 19.3. The number of aryl methyl sites for hydroxylation is 1. The Balaban J connectivity index is 1.54. The van der Waals surface area contributed by atoms with E-state index in [1.54, 1.807) is 17.9 Å². The molecule has 2 aromatic rings. The van der Waals surface area contributed by atoms with Gasteiger partial charge in [-0.1, -0.05) is 0 Å². The molecule has 0 amide bonds. The molecule has 4 heterocycles. The van der Waals surface area contributed by atoms with Gasteiger partial charge in [-0.15, -0.1) is 0 Å². The second kappa shape index (κ2) is 7.43. The van der Waals surface area contributed by atoms with Crippen LogP contribution in [0.25, 0.3) is 0 Å². The van der Waals surface area contributed by atoms with Crippen LogP contribution in [0.3, 0.4) is 0 Å². The van der Waals surface area contributed by atoms with Gasteiger partial charge in [-0.2, -0.15) is 21.2 Å². The molecule has 25 heavy (non-hydrogen) atoms. The highest BCUT2D eigenvalue weighted by Crippen LogP contribution is 2.28. The predicted molar refractivity (Wildman–Crippen MR) is 99.4 cm³/mol. The lowest BCUT2D eigenvalue weighted by Crippen LogP contribution is -2.37. The predicted octanol–water partition coefficient (Wildman–Crippen LogP) is 1.70. The van der Waals surface area contributed by atoms with Gasteiger partial charge in [-0.3, -0.25) is 4.79 Å². The lowest BCUT2D eigenvalue weighted by molar-refractivity contribution is 0.179. The zero-order valence-corrected chi connectivity index (χ0v) is 15.8. The summed E-state index contributed by atoms with van der Waals surface area (Å²) in [6.45, 7) is 1.99. The van der Waals surface area contributed by atoms with Gasteiger partial charge >= 0.3 is 0 Å². The molecule has 0 bridgehead atoms. The summed E-state index contributed by atoms with van der Waals surface area (Å²) in [5.41, 5.74) is 2.20. The number of anilines is 1. The van der Waals surface area contributed by atoms with Crippen LogP contribution in [0.4, 0.5) is 5.13 Å². The van der Waals surface area contributed by atoms with Crippen LogP contribution in [0.5, 0.6) is 0 Å². The van der Waals surface area contributed by atoms with E-state index in [2.05, 4.69) is 19.4 Å². The van der Waals surface area contributed by atoms with Gasteiger partial charge in [0.05, 0.1) is 18.3 Å². The first-order valence-electron chi connectivity index (χ1n) is 8.50. The maximum Gasteiger partial charge on any atom is 0.267 e. The number of thioether (sulfide) groups is 1. The molecule has 2 aliphatic rings. The Kier molecular flexibility index (Phi) is 5.05. The van der Waals surface area contributed by atoms with Gasteiger partial charge in [0.1, 0.15) is 6.61 Å². The molecule has 1 unspecified atom stereocenters. The van der Waals surface area contributed by atoms with Crippen molar-refractivity contribution in [2.45, 2.75) is 44.2 Å². The minimum atomic E-state index is 0.00503.